The quantitative estimate of drug-likeness (QED) is 0.0612. The standard InChI is InChI=1S/C87H95N9O9/c1-53-64-22-12-17-58-18-13-23-66(78(58)64)79(53)91-38-32-61(33-39-91)95-70-25-9-8-24-67(70)87(105,83(95)103)50-76(100)90(5)52-55-26-29-68-72(45-55)96(62-34-40-92(41-35-62)80-65-21-7-6-14-56(65)28-31-73(80)97)82(102)86(68,104)49-75(99)89-51-54-27-30-71-69(44-54)85(3,48-74(98)88-4)81(101)94(71)63-36-42-93(43-37-63)84(2)46-59-19-10-15-57-16-11-20-60(47-84)77(57)59/h6-27,29-30,44-45,53,61-63,73,79-80,97,104-105H,28,31-43,46-52H2,1-5H3,(H,88,98)(H,89,99). The van der Waals surface area contributed by atoms with Crippen LogP contribution in [0.15, 0.2) is 158 Å². The first-order valence-corrected chi connectivity index (χ1v) is 38.2. The van der Waals surface area contributed by atoms with Gasteiger partial charge in [-0.2, -0.15) is 0 Å². The Morgan fingerprint density at radius 1 is 0.514 bits per heavy atom. The van der Waals surface area contributed by atoms with Crippen LogP contribution in [-0.2, 0) is 77.7 Å². The van der Waals surface area contributed by atoms with Crippen molar-refractivity contribution in [3.8, 4) is 0 Å². The Hall–Kier alpha value is -9.14. The van der Waals surface area contributed by atoms with Crippen LogP contribution in [-0.4, -0.2) is 153 Å². The molecule has 8 aromatic carbocycles. The molecule has 7 atom stereocenters. The Kier molecular flexibility index (Phi) is 17.3. The zero-order chi connectivity index (χ0) is 72.6. The van der Waals surface area contributed by atoms with Gasteiger partial charge >= 0.3 is 0 Å². The molecule has 8 aromatic rings. The number of aryl methyl sites for hydroxylation is 1. The van der Waals surface area contributed by atoms with E-state index in [1.807, 2.05) is 60.4 Å². The molecule has 0 spiro atoms. The topological polar surface area (TPSA) is 210 Å². The van der Waals surface area contributed by atoms with Crippen molar-refractivity contribution in [3.63, 3.8) is 0 Å². The van der Waals surface area contributed by atoms with Crippen LogP contribution in [0, 0.1) is 0 Å². The highest BCUT2D eigenvalue weighted by atomic mass is 16.3. The first kappa shape index (κ1) is 68.9. The zero-order valence-electron chi connectivity index (χ0n) is 60.8. The minimum atomic E-state index is -2.29. The van der Waals surface area contributed by atoms with E-state index in [0.29, 0.717) is 84.7 Å². The third kappa shape index (κ3) is 11.4. The van der Waals surface area contributed by atoms with Gasteiger partial charge in [-0.15, -0.1) is 0 Å². The lowest BCUT2D eigenvalue weighted by Gasteiger charge is -2.48. The molecule has 3 saturated heterocycles. The summed E-state index contributed by atoms with van der Waals surface area (Å²) in [6, 6.07) is 52.2. The number of nitrogens with one attached hydrogen (secondary N) is 2. The monoisotopic (exact) mass is 1410 g/mol. The van der Waals surface area contributed by atoms with E-state index in [2.05, 4.69) is 124 Å². The van der Waals surface area contributed by atoms with Crippen molar-refractivity contribution >= 4 is 74.1 Å². The van der Waals surface area contributed by atoms with Gasteiger partial charge < -0.3 is 45.6 Å². The molecule has 0 bridgehead atoms. The van der Waals surface area contributed by atoms with E-state index >= 15 is 9.59 Å². The molecule has 3 fully saturated rings. The number of piperidine rings is 3. The number of aliphatic hydroxyl groups is 3. The molecule has 105 heavy (non-hydrogen) atoms. The van der Waals surface area contributed by atoms with Crippen LogP contribution >= 0.6 is 0 Å². The highest BCUT2D eigenvalue weighted by Gasteiger charge is 2.57. The largest absolute Gasteiger partial charge is 0.391 e. The van der Waals surface area contributed by atoms with Gasteiger partial charge in [0.2, 0.25) is 23.6 Å². The van der Waals surface area contributed by atoms with Gasteiger partial charge in [0.15, 0.2) is 11.2 Å². The molecule has 18 heteroatoms. The van der Waals surface area contributed by atoms with Crippen molar-refractivity contribution in [1.29, 1.82) is 0 Å². The highest BCUT2D eigenvalue weighted by Crippen LogP contribution is 2.53. The van der Waals surface area contributed by atoms with E-state index in [1.54, 1.807) is 48.2 Å². The number of hydrogen-bond acceptors (Lipinski definition) is 12. The summed E-state index contributed by atoms with van der Waals surface area (Å²) in [5.74, 6) is -2.26. The number of hydrogen-bond donors (Lipinski definition) is 5. The summed E-state index contributed by atoms with van der Waals surface area (Å²) in [4.78, 5) is 102. The minimum absolute atomic E-state index is 0.00989. The summed E-state index contributed by atoms with van der Waals surface area (Å²) in [6.45, 7) is 10.8. The summed E-state index contributed by atoms with van der Waals surface area (Å²) in [7, 11) is 3.21. The van der Waals surface area contributed by atoms with Gasteiger partial charge in [-0.1, -0.05) is 146 Å². The number of amides is 6. The number of carbonyl (C=O) groups is 6. The molecular formula is C87H95N9O9. The second kappa shape index (κ2) is 26.4. The van der Waals surface area contributed by atoms with Crippen molar-refractivity contribution in [2.75, 3.05) is 68.1 Å². The maximum atomic E-state index is 15.4. The highest BCUT2D eigenvalue weighted by molar-refractivity contribution is 6.12. The van der Waals surface area contributed by atoms with Crippen molar-refractivity contribution in [2.24, 2.45) is 0 Å². The first-order valence-electron chi connectivity index (χ1n) is 38.2. The number of para-hydroxylation sites is 1. The molecule has 17 rings (SSSR count). The third-order valence-corrected chi connectivity index (χ3v) is 26.1. The molecule has 7 unspecified atom stereocenters. The van der Waals surface area contributed by atoms with E-state index in [-0.39, 0.29) is 66.6 Å². The Morgan fingerprint density at radius 3 is 1.72 bits per heavy atom. The summed E-state index contributed by atoms with van der Waals surface area (Å²) < 4.78 is 0. The number of rotatable bonds is 16. The minimum Gasteiger partial charge on any atom is -0.391 e. The molecule has 542 valence electrons. The number of benzene rings is 8. The second-order valence-electron chi connectivity index (χ2n) is 32.3. The molecule has 6 aliphatic heterocycles. The Labute approximate surface area is 613 Å². The fraction of sp³-hybridized carbons (Fsp3) is 0.425. The molecule has 0 saturated carbocycles. The molecule has 6 amide bonds. The molecule has 0 radical (unpaired) electrons. The Balaban J connectivity index is 0.592. The van der Waals surface area contributed by atoms with Crippen molar-refractivity contribution in [2.45, 2.75) is 182 Å². The average Bonchev–Trinajstić information content (AvgIpc) is 1.55. The van der Waals surface area contributed by atoms with Crippen LogP contribution in [0.3, 0.4) is 0 Å². The lowest BCUT2D eigenvalue weighted by atomic mass is 9.76. The zero-order valence-corrected chi connectivity index (χ0v) is 60.8. The SMILES string of the molecule is CNC(=O)CC1(C)C(=O)N(C2CCN(C3(C)Cc4cccc5cccc(c45)C3)CC2)c2ccc(CNC(=O)CC3(O)C(=O)N(C4CCN(C5c6ccccc6CCC5O)CC4)c4cc(CN(C)C(=O)CC5(O)C(=O)N(C6CCN(C7c8cccc9cccc(c89)C7C)CC6)c6ccccc65)ccc43)cc21. The van der Waals surface area contributed by atoms with Gasteiger partial charge in [0.05, 0.1) is 41.8 Å². The van der Waals surface area contributed by atoms with Gasteiger partial charge in [0, 0.05) is 125 Å². The molecule has 6 heterocycles. The summed E-state index contributed by atoms with van der Waals surface area (Å²) in [6.07, 6.45) is 5.55. The Bertz CT molecular complexity index is 4820. The maximum Gasteiger partial charge on any atom is 0.264 e. The molecule has 5 N–H and O–H groups in total. The second-order valence-corrected chi connectivity index (χ2v) is 32.3. The van der Waals surface area contributed by atoms with E-state index < -0.39 is 65.2 Å². The van der Waals surface area contributed by atoms with Crippen LogP contribution in [0.2, 0.25) is 0 Å². The van der Waals surface area contributed by atoms with Crippen LogP contribution in [0.4, 0.5) is 17.1 Å². The summed E-state index contributed by atoms with van der Waals surface area (Å²) in [5.41, 5.74) is 6.59. The predicted octanol–water partition coefficient (Wildman–Crippen LogP) is 10.4. The molecule has 18 nitrogen and oxygen atoms in total. The number of carbonyl (C=O) groups excluding carboxylic acids is 6. The van der Waals surface area contributed by atoms with Gasteiger partial charge in [0.25, 0.3) is 11.8 Å². The number of likely N-dealkylation sites (tertiary alicyclic amines) is 3. The van der Waals surface area contributed by atoms with Crippen LogP contribution in [0.5, 0.6) is 0 Å². The van der Waals surface area contributed by atoms with Crippen molar-refractivity contribution in [1.82, 2.24) is 30.2 Å². The lowest BCUT2D eigenvalue weighted by molar-refractivity contribution is -0.147. The predicted molar refractivity (Wildman–Crippen MR) is 405 cm³/mol. The summed E-state index contributed by atoms with van der Waals surface area (Å²) >= 11 is 0. The number of aliphatic hydroxyl groups excluding tert-OH is 1. The molecule has 0 aromatic heterocycles. The third-order valence-electron chi connectivity index (χ3n) is 26.1. The first-order chi connectivity index (χ1) is 50.7. The fourth-order valence-corrected chi connectivity index (χ4v) is 20.7. The van der Waals surface area contributed by atoms with E-state index in [0.717, 1.165) is 69.5 Å². The molecular weight excluding hydrogens is 1320 g/mol. The fourth-order valence-electron chi connectivity index (χ4n) is 20.7. The van der Waals surface area contributed by atoms with Crippen molar-refractivity contribution < 1.29 is 44.1 Å². The van der Waals surface area contributed by atoms with Crippen LogP contribution in [0.1, 0.15) is 164 Å². The maximum absolute atomic E-state index is 15.4. The lowest BCUT2D eigenvalue weighted by Crippen LogP contribution is -2.57. The normalized spacial score (nSPS) is 26.1. The molecule has 9 aliphatic rings. The van der Waals surface area contributed by atoms with Gasteiger partial charge in [-0.3, -0.25) is 43.5 Å². The average molecular weight is 1410 g/mol. The van der Waals surface area contributed by atoms with Gasteiger partial charge in [-0.25, -0.2) is 0 Å². The van der Waals surface area contributed by atoms with E-state index in [9.17, 15) is 34.5 Å². The number of anilines is 3. The van der Waals surface area contributed by atoms with Gasteiger partial charge in [-0.05, 0) is 168 Å². The smallest absolute Gasteiger partial charge is 0.264 e. The van der Waals surface area contributed by atoms with Crippen LogP contribution < -0.4 is 25.3 Å². The Morgan fingerprint density at radius 2 is 1.05 bits per heavy atom. The van der Waals surface area contributed by atoms with E-state index in [1.165, 1.54) is 54.3 Å². The number of fused-ring (bicyclic) bond motifs is 4. The van der Waals surface area contributed by atoms with Gasteiger partial charge in [0.1, 0.15) is 0 Å². The summed E-state index contributed by atoms with van der Waals surface area (Å²) in [5, 5.41) is 48.3. The van der Waals surface area contributed by atoms with E-state index in [4.69, 9.17) is 0 Å². The van der Waals surface area contributed by atoms with Crippen LogP contribution in [0.25, 0.3) is 21.5 Å². The molecule has 3 aliphatic carbocycles. The van der Waals surface area contributed by atoms with Crippen molar-refractivity contribution in [3.05, 3.63) is 219 Å². The number of nitrogens with zero attached hydrogens (tertiary/aromatic N) is 7.